The molecular weight excluding hydrogens is 268 g/mol. The first-order valence-corrected chi connectivity index (χ1v) is 6.44. The fraction of sp³-hybridized carbons (Fsp3) is 0.375. The average molecular weight is 279 g/mol. The Bertz CT molecular complexity index is 406. The second-order valence-electron chi connectivity index (χ2n) is 2.74. The Hall–Kier alpha value is -0.460. The van der Waals surface area contributed by atoms with Gasteiger partial charge in [-0.05, 0) is 28.4 Å². The lowest BCUT2D eigenvalue weighted by Crippen LogP contribution is -2.24. The molecule has 0 aromatic carbocycles. The average Bonchev–Trinajstić information content (AvgIpc) is 2.15. The van der Waals surface area contributed by atoms with E-state index in [9.17, 15) is 8.42 Å². The van der Waals surface area contributed by atoms with Crippen molar-refractivity contribution in [1.29, 1.82) is 0 Å². The molecule has 1 heterocycles. The second kappa shape index (κ2) is 4.86. The first-order valence-electron chi connectivity index (χ1n) is 4.16. The van der Waals surface area contributed by atoms with Crippen LogP contribution in [0.15, 0.2) is 27.8 Å². The van der Waals surface area contributed by atoms with Gasteiger partial charge in [0.15, 0.2) is 0 Å². The topological polar surface area (TPSA) is 59.1 Å². The lowest BCUT2D eigenvalue weighted by molar-refractivity contribution is 0.580. The summed E-state index contributed by atoms with van der Waals surface area (Å²) in [5.41, 5.74) is 0. The largest absolute Gasteiger partial charge is 0.262 e. The number of halogens is 1. The van der Waals surface area contributed by atoms with E-state index in [1.54, 1.807) is 6.20 Å². The highest BCUT2D eigenvalue weighted by atomic mass is 79.9. The number of hydrogen-bond acceptors (Lipinski definition) is 3. The zero-order chi connectivity index (χ0) is 10.6. The summed E-state index contributed by atoms with van der Waals surface area (Å²) in [5, 5.41) is 0. The quantitative estimate of drug-likeness (QED) is 0.909. The van der Waals surface area contributed by atoms with E-state index in [0.29, 0.717) is 11.0 Å². The van der Waals surface area contributed by atoms with E-state index in [1.807, 2.05) is 6.92 Å². The number of nitrogens with one attached hydrogen (secondary N) is 1. The Balaban J connectivity index is 2.93. The van der Waals surface area contributed by atoms with Crippen LogP contribution >= 0.6 is 15.9 Å². The first-order chi connectivity index (χ1) is 6.56. The van der Waals surface area contributed by atoms with Crippen LogP contribution in [-0.4, -0.2) is 19.9 Å². The molecular formula is C8H11BrN2O2S. The molecule has 1 aromatic heterocycles. The fourth-order valence-electron chi connectivity index (χ4n) is 0.859. The van der Waals surface area contributed by atoms with Gasteiger partial charge in [0.25, 0.3) is 0 Å². The molecule has 1 rings (SSSR count). The van der Waals surface area contributed by atoms with E-state index in [2.05, 4.69) is 25.6 Å². The fourth-order valence-corrected chi connectivity index (χ4v) is 2.50. The summed E-state index contributed by atoms with van der Waals surface area (Å²) in [6, 6.07) is 1.52. The van der Waals surface area contributed by atoms with Crippen LogP contribution < -0.4 is 4.72 Å². The van der Waals surface area contributed by atoms with E-state index in [0.717, 1.165) is 6.42 Å². The Morgan fingerprint density at radius 1 is 1.50 bits per heavy atom. The Labute approximate surface area is 91.9 Å². The molecule has 1 N–H and O–H groups in total. The molecule has 0 saturated carbocycles. The number of sulfonamides is 1. The summed E-state index contributed by atoms with van der Waals surface area (Å²) >= 11 is 3.17. The van der Waals surface area contributed by atoms with Crippen molar-refractivity contribution >= 4 is 26.0 Å². The van der Waals surface area contributed by atoms with Crippen molar-refractivity contribution < 1.29 is 8.42 Å². The highest BCUT2D eigenvalue weighted by Gasteiger charge is 2.13. The molecule has 14 heavy (non-hydrogen) atoms. The third-order valence-corrected chi connectivity index (χ3v) is 3.39. The van der Waals surface area contributed by atoms with Crippen molar-refractivity contribution in [1.82, 2.24) is 9.71 Å². The van der Waals surface area contributed by atoms with Crippen LogP contribution in [0, 0.1) is 0 Å². The van der Waals surface area contributed by atoms with Crippen molar-refractivity contribution in [3.8, 4) is 0 Å². The molecule has 6 heteroatoms. The Morgan fingerprint density at radius 3 is 2.79 bits per heavy atom. The van der Waals surface area contributed by atoms with Gasteiger partial charge in [-0.15, -0.1) is 0 Å². The van der Waals surface area contributed by atoms with Crippen LogP contribution in [0.5, 0.6) is 0 Å². The van der Waals surface area contributed by atoms with Gasteiger partial charge in [0.1, 0.15) is 4.90 Å². The molecule has 4 nitrogen and oxygen atoms in total. The zero-order valence-electron chi connectivity index (χ0n) is 7.70. The molecule has 0 amide bonds. The van der Waals surface area contributed by atoms with Gasteiger partial charge in [-0.1, -0.05) is 6.92 Å². The van der Waals surface area contributed by atoms with Crippen molar-refractivity contribution in [3.63, 3.8) is 0 Å². The standard InChI is InChI=1S/C8H11BrN2O2S/c1-2-3-11-14(12,13)8-4-7(9)5-10-6-8/h4-6,11H,2-3H2,1H3. The van der Waals surface area contributed by atoms with Crippen LogP contribution in [0.4, 0.5) is 0 Å². The number of rotatable bonds is 4. The molecule has 0 bridgehead atoms. The minimum absolute atomic E-state index is 0.181. The van der Waals surface area contributed by atoms with Crippen LogP contribution in [0.1, 0.15) is 13.3 Å². The van der Waals surface area contributed by atoms with E-state index in [1.165, 1.54) is 12.3 Å². The summed E-state index contributed by atoms with van der Waals surface area (Å²) in [5.74, 6) is 0. The van der Waals surface area contributed by atoms with Crippen LogP contribution in [0.2, 0.25) is 0 Å². The number of pyridine rings is 1. The smallest absolute Gasteiger partial charge is 0.242 e. The predicted molar refractivity (Wildman–Crippen MR) is 57.4 cm³/mol. The highest BCUT2D eigenvalue weighted by molar-refractivity contribution is 9.10. The van der Waals surface area contributed by atoms with Crippen molar-refractivity contribution in [2.24, 2.45) is 0 Å². The maximum atomic E-state index is 11.6. The van der Waals surface area contributed by atoms with E-state index >= 15 is 0 Å². The van der Waals surface area contributed by atoms with E-state index in [-0.39, 0.29) is 4.90 Å². The third-order valence-electron chi connectivity index (χ3n) is 1.53. The van der Waals surface area contributed by atoms with Gasteiger partial charge in [-0.25, -0.2) is 13.1 Å². The third kappa shape index (κ3) is 3.04. The lowest BCUT2D eigenvalue weighted by Gasteiger charge is -2.04. The van der Waals surface area contributed by atoms with Gasteiger partial charge in [0, 0.05) is 23.4 Å². The van der Waals surface area contributed by atoms with Crippen molar-refractivity contribution in [2.75, 3.05) is 6.54 Å². The van der Waals surface area contributed by atoms with Crippen molar-refractivity contribution in [3.05, 3.63) is 22.9 Å². The minimum atomic E-state index is -3.39. The van der Waals surface area contributed by atoms with Crippen LogP contribution in [0.3, 0.4) is 0 Å². The van der Waals surface area contributed by atoms with Gasteiger partial charge in [-0.2, -0.15) is 0 Å². The zero-order valence-corrected chi connectivity index (χ0v) is 10.1. The molecule has 0 radical (unpaired) electrons. The molecule has 0 aliphatic rings. The highest BCUT2D eigenvalue weighted by Crippen LogP contribution is 2.13. The van der Waals surface area contributed by atoms with E-state index < -0.39 is 10.0 Å². The lowest BCUT2D eigenvalue weighted by atomic mass is 10.5. The summed E-state index contributed by atoms with van der Waals surface area (Å²) < 4.78 is 26.3. The Morgan fingerprint density at radius 2 is 2.21 bits per heavy atom. The monoisotopic (exact) mass is 278 g/mol. The van der Waals surface area contributed by atoms with Gasteiger partial charge in [0.2, 0.25) is 10.0 Å². The molecule has 1 aromatic rings. The van der Waals surface area contributed by atoms with Gasteiger partial charge in [0.05, 0.1) is 0 Å². The van der Waals surface area contributed by atoms with E-state index in [4.69, 9.17) is 0 Å². The van der Waals surface area contributed by atoms with Gasteiger partial charge in [-0.3, -0.25) is 4.98 Å². The molecule has 0 aliphatic carbocycles. The summed E-state index contributed by atoms with van der Waals surface area (Å²) in [6.45, 7) is 2.34. The Kier molecular flexibility index (Phi) is 4.03. The maximum Gasteiger partial charge on any atom is 0.242 e. The molecule has 0 aliphatic heterocycles. The molecule has 78 valence electrons. The number of aromatic nitrogens is 1. The number of hydrogen-bond donors (Lipinski definition) is 1. The summed E-state index contributed by atoms with van der Waals surface area (Å²) in [7, 11) is -3.39. The van der Waals surface area contributed by atoms with Gasteiger partial charge >= 0.3 is 0 Å². The normalized spacial score (nSPS) is 11.6. The maximum absolute atomic E-state index is 11.6. The molecule has 0 saturated heterocycles. The first kappa shape index (κ1) is 11.6. The van der Waals surface area contributed by atoms with Gasteiger partial charge < -0.3 is 0 Å². The number of nitrogens with zero attached hydrogens (tertiary/aromatic N) is 1. The summed E-state index contributed by atoms with van der Waals surface area (Å²) in [4.78, 5) is 3.97. The predicted octanol–water partition coefficient (Wildman–Crippen LogP) is 1.53. The second-order valence-corrected chi connectivity index (χ2v) is 5.42. The molecule has 0 unspecified atom stereocenters. The molecule has 0 atom stereocenters. The molecule has 0 fully saturated rings. The van der Waals surface area contributed by atoms with Crippen LogP contribution in [0.25, 0.3) is 0 Å². The van der Waals surface area contributed by atoms with Crippen molar-refractivity contribution in [2.45, 2.75) is 18.2 Å². The molecule has 0 spiro atoms. The SMILES string of the molecule is CCCNS(=O)(=O)c1cncc(Br)c1. The minimum Gasteiger partial charge on any atom is -0.262 e. The summed E-state index contributed by atoms with van der Waals surface area (Å²) in [6.07, 6.45) is 3.63. The van der Waals surface area contributed by atoms with Crippen LogP contribution in [-0.2, 0) is 10.0 Å².